The van der Waals surface area contributed by atoms with Crippen molar-refractivity contribution < 1.29 is 4.79 Å². The molecule has 2 aliphatic rings. The first-order valence-electron chi connectivity index (χ1n) is 10.2. The van der Waals surface area contributed by atoms with Gasteiger partial charge < -0.3 is 4.90 Å². The topological polar surface area (TPSA) is 35.9 Å². The molecule has 0 N–H and O–H groups in total. The normalized spacial score (nSPS) is 19.2. The number of rotatable bonds is 4. The number of hydrogen-bond donors (Lipinski definition) is 0. The van der Waals surface area contributed by atoms with E-state index in [-0.39, 0.29) is 5.91 Å². The lowest BCUT2D eigenvalue weighted by molar-refractivity contribution is -0.122. The Bertz CT molecular complexity index is 1230. The van der Waals surface area contributed by atoms with E-state index in [4.69, 9.17) is 16.6 Å². The molecule has 1 saturated heterocycles. The van der Waals surface area contributed by atoms with E-state index in [1.165, 1.54) is 17.3 Å². The number of carbonyl (C=O) groups is 1. The standard InChI is InChI=1S/C25H20ClN3OS2/c1-28-20-16-18(26)12-13-21(20)31-24(28)22-23(30)29(15-14-17-8-4-2-5-9-17)25(32-22)27-19-10-6-3-7-11-19/h2-13,16H,14-15H2,1H3/b24-22-,27-25?. The third-order valence-electron chi connectivity index (χ3n) is 5.30. The van der Waals surface area contributed by atoms with Crippen molar-refractivity contribution in [1.82, 2.24) is 4.90 Å². The number of fused-ring (bicyclic) bond motifs is 1. The SMILES string of the molecule is CN1/C(=C2/SC(=Nc3ccccc3)N(CCc3ccccc3)C2=O)Sc2ccc(Cl)cc21. The van der Waals surface area contributed by atoms with E-state index >= 15 is 0 Å². The summed E-state index contributed by atoms with van der Waals surface area (Å²) in [6.45, 7) is 0.575. The predicted octanol–water partition coefficient (Wildman–Crippen LogP) is 6.56. The van der Waals surface area contributed by atoms with Crippen LogP contribution in [0.3, 0.4) is 0 Å². The lowest BCUT2D eigenvalue weighted by atomic mass is 10.1. The van der Waals surface area contributed by atoms with Gasteiger partial charge in [-0.15, -0.1) is 0 Å². The van der Waals surface area contributed by atoms with Crippen LogP contribution in [0.15, 0.2) is 98.7 Å². The Morgan fingerprint density at radius 2 is 1.66 bits per heavy atom. The molecule has 160 valence electrons. The first-order chi connectivity index (χ1) is 15.6. The molecule has 2 heterocycles. The molecule has 0 aliphatic carbocycles. The molecule has 0 spiro atoms. The van der Waals surface area contributed by atoms with Crippen molar-refractivity contribution >= 4 is 57.6 Å². The molecule has 2 aliphatic heterocycles. The van der Waals surface area contributed by atoms with Gasteiger partial charge in [0, 0.05) is 23.5 Å². The summed E-state index contributed by atoms with van der Waals surface area (Å²) < 4.78 is 0. The number of aliphatic imine (C=N–C) groups is 1. The molecule has 4 nitrogen and oxygen atoms in total. The van der Waals surface area contributed by atoms with E-state index in [2.05, 4.69) is 12.1 Å². The maximum Gasteiger partial charge on any atom is 0.269 e. The lowest BCUT2D eigenvalue weighted by Gasteiger charge is -2.17. The van der Waals surface area contributed by atoms with Crippen LogP contribution in [-0.4, -0.2) is 29.6 Å². The fourth-order valence-electron chi connectivity index (χ4n) is 3.63. The van der Waals surface area contributed by atoms with E-state index in [9.17, 15) is 4.79 Å². The predicted molar refractivity (Wildman–Crippen MR) is 136 cm³/mol. The van der Waals surface area contributed by atoms with Crippen molar-refractivity contribution in [2.24, 2.45) is 4.99 Å². The number of amidine groups is 1. The number of halogens is 1. The number of benzene rings is 3. The Labute approximate surface area is 201 Å². The van der Waals surface area contributed by atoms with Gasteiger partial charge in [-0.05, 0) is 54.1 Å². The van der Waals surface area contributed by atoms with Crippen LogP contribution in [0.2, 0.25) is 5.02 Å². The highest BCUT2D eigenvalue weighted by atomic mass is 35.5. The second-order valence-electron chi connectivity index (χ2n) is 7.43. The van der Waals surface area contributed by atoms with E-state index in [0.717, 1.165) is 27.7 Å². The Hall–Kier alpha value is -2.67. The maximum atomic E-state index is 13.6. The van der Waals surface area contributed by atoms with Crippen LogP contribution in [0, 0.1) is 0 Å². The van der Waals surface area contributed by atoms with Crippen molar-refractivity contribution in [3.63, 3.8) is 0 Å². The van der Waals surface area contributed by atoms with Crippen molar-refractivity contribution in [3.05, 3.63) is 99.4 Å². The third kappa shape index (κ3) is 4.18. The number of carbonyl (C=O) groups excluding carboxylic acids is 1. The van der Waals surface area contributed by atoms with Gasteiger partial charge in [-0.25, -0.2) is 4.99 Å². The molecular formula is C25H20ClN3OS2. The maximum absolute atomic E-state index is 13.6. The number of anilines is 1. The van der Waals surface area contributed by atoms with Gasteiger partial charge in [0.1, 0.15) is 4.91 Å². The van der Waals surface area contributed by atoms with Crippen LogP contribution in [-0.2, 0) is 11.2 Å². The Kier molecular flexibility index (Phi) is 6.00. The summed E-state index contributed by atoms with van der Waals surface area (Å²) in [5, 5.41) is 2.31. The van der Waals surface area contributed by atoms with Crippen LogP contribution in [0.4, 0.5) is 11.4 Å². The summed E-state index contributed by atoms with van der Waals surface area (Å²) in [6.07, 6.45) is 0.766. The van der Waals surface area contributed by atoms with Crippen LogP contribution in [0.5, 0.6) is 0 Å². The van der Waals surface area contributed by atoms with Gasteiger partial charge in [0.2, 0.25) is 0 Å². The highest BCUT2D eigenvalue weighted by molar-refractivity contribution is 8.19. The minimum atomic E-state index is -0.00568. The zero-order valence-corrected chi connectivity index (χ0v) is 19.8. The first kappa shape index (κ1) is 21.2. The summed E-state index contributed by atoms with van der Waals surface area (Å²) in [5.74, 6) is -0.00568. The van der Waals surface area contributed by atoms with Crippen LogP contribution in [0.25, 0.3) is 0 Å². The summed E-state index contributed by atoms with van der Waals surface area (Å²) in [5.41, 5.74) is 3.05. The molecule has 5 rings (SSSR count). The van der Waals surface area contributed by atoms with Gasteiger partial charge in [0.05, 0.1) is 16.4 Å². The zero-order chi connectivity index (χ0) is 22.1. The molecule has 0 radical (unpaired) electrons. The van der Waals surface area contributed by atoms with Gasteiger partial charge in [-0.3, -0.25) is 9.69 Å². The van der Waals surface area contributed by atoms with Crippen LogP contribution in [0.1, 0.15) is 5.56 Å². The summed E-state index contributed by atoms with van der Waals surface area (Å²) in [6, 6.07) is 25.8. The van der Waals surface area contributed by atoms with E-state index in [1.54, 1.807) is 16.7 Å². The monoisotopic (exact) mass is 477 g/mol. The second kappa shape index (κ2) is 9.06. The van der Waals surface area contributed by atoms with Gasteiger partial charge in [-0.2, -0.15) is 0 Å². The number of thioether (sulfide) groups is 2. The quantitative estimate of drug-likeness (QED) is 0.399. The molecule has 3 aromatic carbocycles. The average molecular weight is 478 g/mol. The minimum Gasteiger partial charge on any atom is -0.337 e. The second-order valence-corrected chi connectivity index (χ2v) is 9.88. The Balaban J connectivity index is 1.49. The van der Waals surface area contributed by atoms with Crippen LogP contribution >= 0.6 is 35.1 Å². The van der Waals surface area contributed by atoms with Gasteiger partial charge >= 0.3 is 0 Å². The number of amides is 1. The molecule has 0 saturated carbocycles. The highest BCUT2D eigenvalue weighted by Gasteiger charge is 2.39. The van der Waals surface area contributed by atoms with Gasteiger partial charge in [-0.1, -0.05) is 71.9 Å². The molecule has 0 aromatic heterocycles. The third-order valence-corrected chi connectivity index (χ3v) is 7.97. The summed E-state index contributed by atoms with van der Waals surface area (Å²) >= 11 is 9.25. The fraction of sp³-hybridized carbons (Fsp3) is 0.120. The van der Waals surface area contributed by atoms with E-state index < -0.39 is 0 Å². The molecule has 7 heteroatoms. The number of para-hydroxylation sites is 1. The van der Waals surface area contributed by atoms with Crippen molar-refractivity contribution in [3.8, 4) is 0 Å². The molecule has 3 aromatic rings. The van der Waals surface area contributed by atoms with Crippen LogP contribution < -0.4 is 4.90 Å². The largest absolute Gasteiger partial charge is 0.337 e. The van der Waals surface area contributed by atoms with E-state index in [0.29, 0.717) is 21.6 Å². The van der Waals surface area contributed by atoms with Gasteiger partial charge in [0.25, 0.3) is 5.91 Å². The molecule has 0 bridgehead atoms. The van der Waals surface area contributed by atoms with Crippen molar-refractivity contribution in [2.45, 2.75) is 11.3 Å². The molecule has 32 heavy (non-hydrogen) atoms. The Morgan fingerprint density at radius 1 is 0.938 bits per heavy atom. The highest BCUT2D eigenvalue weighted by Crippen LogP contribution is 2.50. The average Bonchev–Trinajstić information content (AvgIpc) is 3.29. The summed E-state index contributed by atoms with van der Waals surface area (Å²) in [4.78, 5) is 24.0. The molecule has 0 atom stereocenters. The first-order valence-corrected chi connectivity index (χ1v) is 12.2. The van der Waals surface area contributed by atoms with E-state index in [1.807, 2.05) is 78.7 Å². The number of hydrogen-bond acceptors (Lipinski definition) is 5. The molecule has 1 amide bonds. The molecular weight excluding hydrogens is 458 g/mol. The zero-order valence-electron chi connectivity index (χ0n) is 17.4. The Morgan fingerprint density at radius 3 is 2.41 bits per heavy atom. The molecule has 1 fully saturated rings. The minimum absolute atomic E-state index is 0.00568. The number of nitrogens with zero attached hydrogens (tertiary/aromatic N) is 3. The summed E-state index contributed by atoms with van der Waals surface area (Å²) in [7, 11) is 1.98. The van der Waals surface area contributed by atoms with Crippen molar-refractivity contribution in [2.75, 3.05) is 18.5 Å². The smallest absolute Gasteiger partial charge is 0.269 e. The fourth-order valence-corrected chi connectivity index (χ4v) is 6.15. The molecule has 0 unspecified atom stereocenters. The van der Waals surface area contributed by atoms with Gasteiger partial charge in [0.15, 0.2) is 5.17 Å². The van der Waals surface area contributed by atoms with Crippen molar-refractivity contribution in [1.29, 1.82) is 0 Å². The lowest BCUT2D eigenvalue weighted by Crippen LogP contribution is -2.31.